The molecule has 0 radical (unpaired) electrons. The van der Waals surface area contributed by atoms with E-state index < -0.39 is 11.7 Å². The van der Waals surface area contributed by atoms with Gasteiger partial charge in [0.05, 0.1) is 48.9 Å². The average molecular weight is 523 g/mol. The topological polar surface area (TPSA) is 114 Å². The molecule has 1 saturated carbocycles. The van der Waals surface area contributed by atoms with E-state index in [1.54, 1.807) is 24.4 Å². The van der Waals surface area contributed by atoms with Crippen LogP contribution in [0.15, 0.2) is 36.5 Å². The molecule has 2 aromatic heterocycles. The summed E-state index contributed by atoms with van der Waals surface area (Å²) in [6, 6.07) is 7.94. The number of carbonyl (C=O) groups is 1. The summed E-state index contributed by atoms with van der Waals surface area (Å²) in [6.45, 7) is 5.60. The minimum atomic E-state index is -0.784. The molecule has 3 fully saturated rings. The Labute approximate surface area is 219 Å². The third kappa shape index (κ3) is 5.27. The van der Waals surface area contributed by atoms with Crippen LogP contribution in [0.2, 0.25) is 0 Å². The lowest BCUT2D eigenvalue weighted by atomic mass is 9.91. The number of nitrogens with zero attached hydrogens (tertiary/aromatic N) is 4. The number of aromatic amines is 1. The zero-order chi connectivity index (χ0) is 26.1. The van der Waals surface area contributed by atoms with Crippen molar-refractivity contribution in [3.8, 4) is 22.6 Å². The summed E-state index contributed by atoms with van der Waals surface area (Å²) in [4.78, 5) is 32.2. The number of hydrogen-bond acceptors (Lipinski definition) is 8. The Balaban J connectivity index is 1.26. The maximum absolute atomic E-state index is 13.7. The molecule has 3 aliphatic rings. The standard InChI is InChI=1S/C27H31FN6O4/c1-27(25(35)30-14-17-2-3-17)15-37-24(38-16-27)23-32-21(18-4-6-19(28)7-5-18)22(33-23)20-8-9-29-26(31-20)34-10-12-36-13-11-34/h4-9,17,24H,2-3,10-16H2,1H3,(H,30,35)(H,32,33). The van der Waals surface area contributed by atoms with Gasteiger partial charge in [-0.15, -0.1) is 0 Å². The maximum Gasteiger partial charge on any atom is 0.230 e. The van der Waals surface area contributed by atoms with Gasteiger partial charge in [0.15, 0.2) is 5.82 Å². The maximum atomic E-state index is 13.7. The lowest BCUT2D eigenvalue weighted by Crippen LogP contribution is -2.49. The number of rotatable bonds is 7. The van der Waals surface area contributed by atoms with E-state index in [2.05, 4.69) is 20.2 Å². The molecule has 2 N–H and O–H groups in total. The van der Waals surface area contributed by atoms with E-state index in [0.29, 0.717) is 67.6 Å². The Morgan fingerprint density at radius 3 is 2.58 bits per heavy atom. The minimum Gasteiger partial charge on any atom is -0.378 e. The van der Waals surface area contributed by atoms with Crippen molar-refractivity contribution in [1.82, 2.24) is 25.3 Å². The number of ether oxygens (including phenoxy) is 3. The van der Waals surface area contributed by atoms with Crippen molar-refractivity contribution in [3.05, 3.63) is 48.2 Å². The van der Waals surface area contributed by atoms with E-state index >= 15 is 0 Å². The summed E-state index contributed by atoms with van der Waals surface area (Å²) >= 11 is 0. The van der Waals surface area contributed by atoms with Gasteiger partial charge in [-0.05, 0) is 56.0 Å². The van der Waals surface area contributed by atoms with Crippen molar-refractivity contribution in [2.45, 2.75) is 26.1 Å². The molecule has 1 aliphatic carbocycles. The smallest absolute Gasteiger partial charge is 0.230 e. The third-order valence-electron chi connectivity index (χ3n) is 7.16. The first-order chi connectivity index (χ1) is 18.5. The van der Waals surface area contributed by atoms with Gasteiger partial charge in [-0.25, -0.2) is 19.3 Å². The van der Waals surface area contributed by atoms with Crippen LogP contribution in [0.3, 0.4) is 0 Å². The molecule has 2 aliphatic heterocycles. The van der Waals surface area contributed by atoms with Gasteiger partial charge >= 0.3 is 0 Å². The molecule has 0 unspecified atom stereocenters. The Morgan fingerprint density at radius 1 is 1.13 bits per heavy atom. The third-order valence-corrected chi connectivity index (χ3v) is 7.16. The molecule has 0 spiro atoms. The molecule has 38 heavy (non-hydrogen) atoms. The number of carbonyl (C=O) groups excluding carboxylic acids is 1. The van der Waals surface area contributed by atoms with E-state index in [1.165, 1.54) is 25.0 Å². The highest BCUT2D eigenvalue weighted by atomic mass is 19.1. The van der Waals surface area contributed by atoms with Gasteiger partial charge in [0.25, 0.3) is 0 Å². The van der Waals surface area contributed by atoms with Crippen LogP contribution in [0.5, 0.6) is 0 Å². The van der Waals surface area contributed by atoms with E-state index in [1.807, 2.05) is 6.92 Å². The number of hydrogen-bond donors (Lipinski definition) is 2. The Bertz CT molecular complexity index is 1280. The second-order valence-electron chi connectivity index (χ2n) is 10.4. The number of aromatic nitrogens is 4. The van der Waals surface area contributed by atoms with E-state index in [4.69, 9.17) is 24.2 Å². The van der Waals surface area contributed by atoms with Crippen molar-refractivity contribution >= 4 is 11.9 Å². The van der Waals surface area contributed by atoms with Crippen LogP contribution in [0.1, 0.15) is 31.9 Å². The molecule has 2 saturated heterocycles. The Morgan fingerprint density at radius 2 is 1.87 bits per heavy atom. The van der Waals surface area contributed by atoms with Gasteiger partial charge < -0.3 is 29.4 Å². The molecule has 200 valence electrons. The fourth-order valence-corrected chi connectivity index (χ4v) is 4.58. The fraction of sp³-hybridized carbons (Fsp3) is 0.481. The molecular formula is C27H31FN6O4. The summed E-state index contributed by atoms with van der Waals surface area (Å²) < 4.78 is 31.2. The van der Waals surface area contributed by atoms with Crippen LogP contribution in [-0.4, -0.2) is 71.9 Å². The number of anilines is 1. The number of nitrogens with one attached hydrogen (secondary N) is 2. The number of halogens is 1. The van der Waals surface area contributed by atoms with Crippen LogP contribution in [0.25, 0.3) is 22.6 Å². The second kappa shape index (κ2) is 10.4. The van der Waals surface area contributed by atoms with E-state index in [-0.39, 0.29) is 24.9 Å². The number of imidazole rings is 1. The monoisotopic (exact) mass is 522 g/mol. The number of H-pyrrole nitrogens is 1. The molecule has 11 heteroatoms. The highest BCUT2D eigenvalue weighted by Gasteiger charge is 2.41. The van der Waals surface area contributed by atoms with Crippen molar-refractivity contribution in [2.75, 3.05) is 51.0 Å². The van der Waals surface area contributed by atoms with Crippen molar-refractivity contribution in [1.29, 1.82) is 0 Å². The molecule has 1 aromatic carbocycles. The molecule has 0 bridgehead atoms. The minimum absolute atomic E-state index is 0.0633. The van der Waals surface area contributed by atoms with Crippen LogP contribution in [0.4, 0.5) is 10.3 Å². The molecule has 6 rings (SSSR count). The largest absolute Gasteiger partial charge is 0.378 e. The summed E-state index contributed by atoms with van der Waals surface area (Å²) in [7, 11) is 0. The highest BCUT2D eigenvalue weighted by molar-refractivity contribution is 5.82. The molecule has 3 aromatic rings. The highest BCUT2D eigenvalue weighted by Crippen LogP contribution is 2.36. The lowest BCUT2D eigenvalue weighted by Gasteiger charge is -2.35. The number of morpholine rings is 1. The average Bonchev–Trinajstić information content (AvgIpc) is 3.69. The van der Waals surface area contributed by atoms with Gasteiger partial charge in [-0.1, -0.05) is 0 Å². The summed E-state index contributed by atoms with van der Waals surface area (Å²) in [5.41, 5.74) is 1.82. The first kappa shape index (κ1) is 24.9. The van der Waals surface area contributed by atoms with Gasteiger partial charge in [0.1, 0.15) is 5.82 Å². The van der Waals surface area contributed by atoms with Crippen molar-refractivity contribution in [2.24, 2.45) is 11.3 Å². The van der Waals surface area contributed by atoms with Crippen LogP contribution < -0.4 is 10.2 Å². The summed E-state index contributed by atoms with van der Waals surface area (Å²) in [6.07, 6.45) is 3.27. The fourth-order valence-electron chi connectivity index (χ4n) is 4.58. The lowest BCUT2D eigenvalue weighted by molar-refractivity contribution is -0.231. The molecule has 1 amide bonds. The van der Waals surface area contributed by atoms with Crippen LogP contribution >= 0.6 is 0 Å². The molecule has 10 nitrogen and oxygen atoms in total. The Hall–Kier alpha value is -3.41. The Kier molecular flexibility index (Phi) is 6.81. The molecular weight excluding hydrogens is 491 g/mol. The molecule has 0 atom stereocenters. The second-order valence-corrected chi connectivity index (χ2v) is 10.4. The first-order valence-corrected chi connectivity index (χ1v) is 13.0. The van der Waals surface area contributed by atoms with Crippen molar-refractivity contribution < 1.29 is 23.4 Å². The van der Waals surface area contributed by atoms with Gasteiger partial charge in [-0.3, -0.25) is 4.79 Å². The summed E-state index contributed by atoms with van der Waals surface area (Å²) in [5.74, 6) is 1.25. The quantitative estimate of drug-likeness (QED) is 0.487. The van der Waals surface area contributed by atoms with Gasteiger partial charge in [0, 0.05) is 31.4 Å². The SMILES string of the molecule is CC1(C(=O)NCC2CC2)COC(c2nc(-c3ccc(F)cc3)c(-c3ccnc(N4CCOCC4)n3)[nH]2)OC1. The normalized spacial score (nSPS) is 23.8. The molecule has 4 heterocycles. The van der Waals surface area contributed by atoms with Crippen molar-refractivity contribution in [3.63, 3.8) is 0 Å². The summed E-state index contributed by atoms with van der Waals surface area (Å²) in [5, 5.41) is 3.02. The van der Waals surface area contributed by atoms with E-state index in [9.17, 15) is 9.18 Å². The predicted octanol–water partition coefficient (Wildman–Crippen LogP) is 3.09. The van der Waals surface area contributed by atoms with Gasteiger partial charge in [0.2, 0.25) is 18.1 Å². The van der Waals surface area contributed by atoms with Gasteiger partial charge in [-0.2, -0.15) is 0 Å². The first-order valence-electron chi connectivity index (χ1n) is 13.0. The zero-order valence-corrected chi connectivity index (χ0v) is 21.3. The van der Waals surface area contributed by atoms with E-state index in [0.717, 1.165) is 5.56 Å². The number of benzene rings is 1. The predicted molar refractivity (Wildman–Crippen MR) is 137 cm³/mol. The van der Waals surface area contributed by atoms with Crippen LogP contribution in [0, 0.1) is 17.2 Å². The number of amides is 1. The van der Waals surface area contributed by atoms with Crippen LogP contribution in [-0.2, 0) is 19.0 Å². The zero-order valence-electron chi connectivity index (χ0n) is 21.3.